The van der Waals surface area contributed by atoms with Crippen LogP contribution in [-0.2, 0) is 14.6 Å². The summed E-state index contributed by atoms with van der Waals surface area (Å²) in [4.78, 5) is 12.3. The maximum atomic E-state index is 12.3. The van der Waals surface area contributed by atoms with Crippen molar-refractivity contribution in [3.63, 3.8) is 0 Å². The molecule has 0 bridgehead atoms. The Hall–Kier alpha value is -1.83. The quantitative estimate of drug-likeness (QED) is 0.768. The van der Waals surface area contributed by atoms with Gasteiger partial charge in [0.2, 0.25) is 0 Å². The van der Waals surface area contributed by atoms with Crippen LogP contribution in [0, 0.1) is 6.92 Å². The van der Waals surface area contributed by atoms with Gasteiger partial charge in [0.15, 0.2) is 9.84 Å². The van der Waals surface area contributed by atoms with Gasteiger partial charge in [-0.05, 0) is 31.6 Å². The minimum Gasteiger partial charge on any atom is -0.321 e. The van der Waals surface area contributed by atoms with Gasteiger partial charge in [0.1, 0.15) is 5.15 Å². The predicted octanol–water partition coefficient (Wildman–Crippen LogP) is 3.35. The van der Waals surface area contributed by atoms with E-state index < -0.39 is 9.84 Å². The molecule has 6 nitrogen and oxygen atoms in total. The molecule has 1 N–H and O–H groups in total. The first-order chi connectivity index (χ1) is 12.2. The zero-order valence-corrected chi connectivity index (χ0v) is 16.1. The summed E-state index contributed by atoms with van der Waals surface area (Å²) in [6.07, 6.45) is 2.18. The van der Waals surface area contributed by atoms with Crippen LogP contribution in [0.4, 0.5) is 5.69 Å². The Morgan fingerprint density at radius 2 is 2.12 bits per heavy atom. The van der Waals surface area contributed by atoms with Gasteiger partial charge in [0, 0.05) is 21.7 Å². The largest absolute Gasteiger partial charge is 0.321 e. The first kappa shape index (κ1) is 17.6. The number of nitrogens with one attached hydrogen (secondary N) is 1. The second-order valence-electron chi connectivity index (χ2n) is 6.49. The normalized spacial score (nSPS) is 22.7. The fourth-order valence-corrected chi connectivity index (χ4v) is 5.59. The molecule has 1 fully saturated rings. The zero-order valence-electron chi connectivity index (χ0n) is 13.8. The van der Waals surface area contributed by atoms with Crippen LogP contribution in [-0.4, -0.2) is 35.6 Å². The van der Waals surface area contributed by atoms with E-state index in [-0.39, 0.29) is 23.5 Å². The molecule has 0 radical (unpaired) electrons. The number of aryl methyl sites for hydroxylation is 1. The van der Waals surface area contributed by atoms with Crippen molar-refractivity contribution in [2.75, 3.05) is 16.8 Å². The van der Waals surface area contributed by atoms with E-state index in [4.69, 9.17) is 23.2 Å². The van der Waals surface area contributed by atoms with E-state index >= 15 is 0 Å². The van der Waals surface area contributed by atoms with Gasteiger partial charge in [0.25, 0.3) is 5.91 Å². The van der Waals surface area contributed by atoms with Crippen LogP contribution in [0.2, 0.25) is 10.2 Å². The molecule has 2 aromatic rings. The molecule has 0 unspecified atom stereocenters. The average Bonchev–Trinajstić information content (AvgIpc) is 3.16. The Bertz CT molecular complexity index is 1070. The predicted molar refractivity (Wildman–Crippen MR) is 102 cm³/mol. The number of anilines is 1. The lowest BCUT2D eigenvalue weighted by Gasteiger charge is -2.09. The number of carbonyl (C=O) groups excluding carboxylic acids is 1. The molecule has 0 spiro atoms. The minimum absolute atomic E-state index is 0.0334. The topological polar surface area (TPSA) is 81.1 Å². The number of nitrogens with zero attached hydrogens (tertiary/aromatic N) is 2. The van der Waals surface area contributed by atoms with Crippen molar-refractivity contribution in [3.8, 4) is 0 Å². The number of benzene rings is 1. The van der Waals surface area contributed by atoms with E-state index in [1.54, 1.807) is 35.9 Å². The van der Waals surface area contributed by atoms with Crippen molar-refractivity contribution in [2.45, 2.75) is 19.4 Å². The SMILES string of the molecule is Cc1nn([C@@H]2CCS(=O)(=O)C2)c(Cl)c1/C=C1\C(=O)Nc2cc(Cl)ccc21. The molecule has 1 atom stereocenters. The third-order valence-corrected chi connectivity index (χ3v) is 7.04. The summed E-state index contributed by atoms with van der Waals surface area (Å²) in [6, 6.07) is 4.91. The minimum atomic E-state index is -3.05. The molecular formula is C17H15Cl2N3O3S. The first-order valence-electron chi connectivity index (χ1n) is 8.03. The van der Waals surface area contributed by atoms with E-state index in [1.165, 1.54) is 0 Å². The van der Waals surface area contributed by atoms with E-state index in [0.29, 0.717) is 39.1 Å². The fraction of sp³-hybridized carbons (Fsp3) is 0.294. The number of amides is 1. The highest BCUT2D eigenvalue weighted by molar-refractivity contribution is 7.91. The molecule has 2 aliphatic heterocycles. The smallest absolute Gasteiger partial charge is 0.256 e. The van der Waals surface area contributed by atoms with E-state index in [0.717, 1.165) is 5.56 Å². The molecule has 2 aliphatic rings. The molecular weight excluding hydrogens is 397 g/mol. The number of halogens is 2. The number of carbonyl (C=O) groups is 1. The second-order valence-corrected chi connectivity index (χ2v) is 9.52. The number of aromatic nitrogens is 2. The van der Waals surface area contributed by atoms with Crippen LogP contribution in [0.3, 0.4) is 0 Å². The van der Waals surface area contributed by atoms with E-state index in [1.807, 2.05) is 0 Å². The van der Waals surface area contributed by atoms with Gasteiger partial charge >= 0.3 is 0 Å². The number of hydrogen-bond donors (Lipinski definition) is 1. The number of sulfone groups is 1. The zero-order chi connectivity index (χ0) is 18.6. The van der Waals surface area contributed by atoms with Crippen molar-refractivity contribution < 1.29 is 13.2 Å². The van der Waals surface area contributed by atoms with Crippen LogP contribution < -0.4 is 5.32 Å². The lowest BCUT2D eigenvalue weighted by atomic mass is 10.0. The first-order valence-corrected chi connectivity index (χ1v) is 10.6. The molecule has 0 aliphatic carbocycles. The van der Waals surface area contributed by atoms with Crippen LogP contribution in [0.25, 0.3) is 11.6 Å². The van der Waals surface area contributed by atoms with Gasteiger partial charge in [-0.1, -0.05) is 29.3 Å². The Morgan fingerprint density at radius 3 is 2.81 bits per heavy atom. The Balaban J connectivity index is 1.76. The Labute approximate surface area is 160 Å². The van der Waals surface area contributed by atoms with Gasteiger partial charge in [-0.15, -0.1) is 0 Å². The molecule has 1 aromatic heterocycles. The molecule has 0 saturated carbocycles. The lowest BCUT2D eigenvalue weighted by Crippen LogP contribution is -2.12. The maximum absolute atomic E-state index is 12.3. The third kappa shape index (κ3) is 2.94. The maximum Gasteiger partial charge on any atom is 0.256 e. The van der Waals surface area contributed by atoms with Crippen molar-refractivity contribution in [1.82, 2.24) is 9.78 Å². The van der Waals surface area contributed by atoms with Gasteiger partial charge in [-0.25, -0.2) is 13.1 Å². The molecule has 26 heavy (non-hydrogen) atoms. The highest BCUT2D eigenvalue weighted by Crippen LogP contribution is 2.37. The highest BCUT2D eigenvalue weighted by Gasteiger charge is 2.32. The van der Waals surface area contributed by atoms with Gasteiger partial charge in [0.05, 0.1) is 28.9 Å². The van der Waals surface area contributed by atoms with Crippen LogP contribution >= 0.6 is 23.2 Å². The second kappa shape index (κ2) is 6.11. The molecule has 136 valence electrons. The highest BCUT2D eigenvalue weighted by atomic mass is 35.5. The molecule has 1 amide bonds. The van der Waals surface area contributed by atoms with Crippen molar-refractivity contribution in [3.05, 3.63) is 45.2 Å². The Kier molecular flexibility index (Phi) is 4.13. The lowest BCUT2D eigenvalue weighted by molar-refractivity contribution is -0.110. The van der Waals surface area contributed by atoms with E-state index in [2.05, 4.69) is 10.4 Å². The van der Waals surface area contributed by atoms with Gasteiger partial charge < -0.3 is 5.32 Å². The van der Waals surface area contributed by atoms with Crippen molar-refractivity contribution in [1.29, 1.82) is 0 Å². The number of hydrogen-bond acceptors (Lipinski definition) is 4. The number of rotatable bonds is 2. The van der Waals surface area contributed by atoms with Gasteiger partial charge in [-0.3, -0.25) is 4.79 Å². The van der Waals surface area contributed by atoms with Crippen molar-refractivity contribution >= 4 is 56.3 Å². The third-order valence-electron chi connectivity index (χ3n) is 4.68. The molecule has 9 heteroatoms. The summed E-state index contributed by atoms with van der Waals surface area (Å²) in [5, 5.41) is 8.07. The molecule has 1 aromatic carbocycles. The summed E-state index contributed by atoms with van der Waals surface area (Å²) in [6.45, 7) is 1.79. The van der Waals surface area contributed by atoms with Crippen LogP contribution in [0.1, 0.15) is 29.3 Å². The Morgan fingerprint density at radius 1 is 1.35 bits per heavy atom. The monoisotopic (exact) mass is 411 g/mol. The van der Waals surface area contributed by atoms with Crippen LogP contribution in [0.15, 0.2) is 18.2 Å². The summed E-state index contributed by atoms with van der Waals surface area (Å²) < 4.78 is 25.0. The molecule has 4 rings (SSSR count). The van der Waals surface area contributed by atoms with Crippen molar-refractivity contribution in [2.24, 2.45) is 0 Å². The van der Waals surface area contributed by atoms with Gasteiger partial charge in [-0.2, -0.15) is 5.10 Å². The molecule has 3 heterocycles. The van der Waals surface area contributed by atoms with Crippen LogP contribution in [0.5, 0.6) is 0 Å². The standard InChI is InChI=1S/C17H15Cl2N3O3S/c1-9-13(16(19)22(21-9)11-4-5-26(24,25)8-11)7-14-12-3-2-10(18)6-15(12)20-17(14)23/h2-3,6-7,11H,4-5,8H2,1H3,(H,20,23)/b14-7-/t11-/m1/s1. The summed E-state index contributed by atoms with van der Waals surface area (Å²) in [5.74, 6) is -0.0696. The summed E-state index contributed by atoms with van der Waals surface area (Å²) in [5.41, 5.74) is 3.12. The van der Waals surface area contributed by atoms with E-state index in [9.17, 15) is 13.2 Å². The molecule has 1 saturated heterocycles. The summed E-state index contributed by atoms with van der Waals surface area (Å²) in [7, 11) is -3.05. The fourth-order valence-electron chi connectivity index (χ4n) is 3.36. The number of fused-ring (bicyclic) bond motifs is 1. The summed E-state index contributed by atoms with van der Waals surface area (Å²) >= 11 is 12.5. The average molecular weight is 412 g/mol.